The Balaban J connectivity index is 3.23. The Morgan fingerprint density at radius 1 is 0.486 bits per heavy atom. The number of carbonyl (C=O) groups is 1. The first-order valence-electron chi connectivity index (χ1n) is 15.8. The molecule has 0 aromatic carbocycles. The average Bonchev–Trinajstić information content (AvgIpc) is 2.86. The second kappa shape index (κ2) is 31.0. The molecule has 0 aromatic heterocycles. The molecule has 0 rings (SSSR count). The van der Waals surface area contributed by atoms with E-state index < -0.39 is 0 Å². The maximum atomic E-state index is 11.9. The third-order valence-corrected chi connectivity index (χ3v) is 6.84. The van der Waals surface area contributed by atoms with Gasteiger partial charge in [-0.1, -0.05) is 147 Å². The van der Waals surface area contributed by atoms with Crippen molar-refractivity contribution in [2.75, 3.05) is 6.61 Å². The van der Waals surface area contributed by atoms with Crippen LogP contribution in [0, 0.1) is 0 Å². The van der Waals surface area contributed by atoms with Gasteiger partial charge in [-0.2, -0.15) is 0 Å². The molecule has 0 saturated carbocycles. The minimum atomic E-state index is 0.00891. The van der Waals surface area contributed by atoms with Crippen LogP contribution in [0.15, 0.2) is 24.3 Å². The monoisotopic (exact) mass is 490 g/mol. The van der Waals surface area contributed by atoms with Crippen molar-refractivity contribution in [3.05, 3.63) is 24.3 Å². The van der Waals surface area contributed by atoms with E-state index in [-0.39, 0.29) is 5.97 Å². The van der Waals surface area contributed by atoms with Gasteiger partial charge in [0.15, 0.2) is 0 Å². The van der Waals surface area contributed by atoms with Gasteiger partial charge in [-0.25, -0.2) is 0 Å². The largest absolute Gasteiger partial charge is 0.466 e. The lowest BCUT2D eigenvalue weighted by Crippen LogP contribution is -2.05. The highest BCUT2D eigenvalue weighted by Gasteiger charge is 2.02. The summed E-state index contributed by atoms with van der Waals surface area (Å²) in [6.45, 7) is 5.16. The van der Waals surface area contributed by atoms with Crippen molar-refractivity contribution >= 4 is 5.97 Å². The molecule has 2 heteroatoms. The quantitative estimate of drug-likeness (QED) is 0.0619. The van der Waals surface area contributed by atoms with E-state index in [0.29, 0.717) is 13.0 Å². The molecule has 0 bridgehead atoms. The fourth-order valence-electron chi connectivity index (χ4n) is 4.46. The van der Waals surface area contributed by atoms with Crippen molar-refractivity contribution < 1.29 is 9.53 Å². The number of hydrogen-bond donors (Lipinski definition) is 0. The Bertz CT molecular complexity index is 466. The third-order valence-electron chi connectivity index (χ3n) is 6.84. The zero-order chi connectivity index (χ0) is 25.5. The lowest BCUT2D eigenvalue weighted by molar-refractivity contribution is -0.143. The van der Waals surface area contributed by atoms with E-state index in [4.69, 9.17) is 4.74 Å². The molecule has 0 fully saturated rings. The van der Waals surface area contributed by atoms with Gasteiger partial charge in [0.1, 0.15) is 0 Å². The van der Waals surface area contributed by atoms with Crippen LogP contribution in [0.25, 0.3) is 0 Å². The molecule has 0 saturated heterocycles. The molecule has 0 unspecified atom stereocenters. The summed E-state index contributed by atoms with van der Waals surface area (Å²) in [5.74, 6) is 0.00891. The summed E-state index contributed by atoms with van der Waals surface area (Å²) in [7, 11) is 0. The maximum absolute atomic E-state index is 11.9. The van der Waals surface area contributed by atoms with Crippen LogP contribution in [-0.2, 0) is 9.53 Å². The Hall–Kier alpha value is -1.05. The molecule has 0 atom stereocenters. The molecule has 0 amide bonds. The molecular weight excluding hydrogens is 428 g/mol. The van der Waals surface area contributed by atoms with E-state index in [1.165, 1.54) is 128 Å². The van der Waals surface area contributed by atoms with Gasteiger partial charge >= 0.3 is 5.97 Å². The van der Waals surface area contributed by atoms with Crippen molar-refractivity contribution in [3.63, 3.8) is 0 Å². The number of carbonyl (C=O) groups excluding carboxylic acids is 1. The van der Waals surface area contributed by atoms with Crippen LogP contribution in [0.3, 0.4) is 0 Å². The molecule has 35 heavy (non-hydrogen) atoms. The van der Waals surface area contributed by atoms with E-state index >= 15 is 0 Å². The highest BCUT2D eigenvalue weighted by molar-refractivity contribution is 5.69. The van der Waals surface area contributed by atoms with Crippen LogP contribution in [0.5, 0.6) is 0 Å². The molecule has 0 aromatic rings. The number of allylic oxidation sites excluding steroid dienone is 4. The van der Waals surface area contributed by atoms with Crippen molar-refractivity contribution in [2.45, 2.75) is 174 Å². The molecule has 0 radical (unpaired) electrons. The van der Waals surface area contributed by atoms with Crippen molar-refractivity contribution in [1.82, 2.24) is 0 Å². The van der Waals surface area contributed by atoms with Crippen molar-refractivity contribution in [1.29, 1.82) is 0 Å². The van der Waals surface area contributed by atoms with Crippen LogP contribution in [0.1, 0.15) is 174 Å². The van der Waals surface area contributed by atoms with Crippen LogP contribution >= 0.6 is 0 Å². The summed E-state index contributed by atoms with van der Waals surface area (Å²) in [4.78, 5) is 11.9. The average molecular weight is 491 g/mol. The summed E-state index contributed by atoms with van der Waals surface area (Å²) in [5.41, 5.74) is 0. The first-order chi connectivity index (χ1) is 17.3. The Morgan fingerprint density at radius 2 is 0.886 bits per heavy atom. The van der Waals surface area contributed by atoms with Gasteiger partial charge in [0.2, 0.25) is 0 Å². The summed E-state index contributed by atoms with van der Waals surface area (Å²) >= 11 is 0. The Kier molecular flexibility index (Phi) is 30.1. The van der Waals surface area contributed by atoms with Crippen molar-refractivity contribution in [2.24, 2.45) is 0 Å². The predicted molar refractivity (Wildman–Crippen MR) is 156 cm³/mol. The van der Waals surface area contributed by atoms with Gasteiger partial charge in [0.05, 0.1) is 6.61 Å². The van der Waals surface area contributed by atoms with Gasteiger partial charge in [0.25, 0.3) is 0 Å². The summed E-state index contributed by atoms with van der Waals surface area (Å²) < 4.78 is 5.41. The van der Waals surface area contributed by atoms with E-state index in [1.807, 2.05) is 0 Å². The normalized spacial score (nSPS) is 11.7. The maximum Gasteiger partial charge on any atom is 0.305 e. The molecule has 0 aliphatic heterocycles. The molecule has 0 heterocycles. The van der Waals surface area contributed by atoms with Crippen LogP contribution in [-0.4, -0.2) is 12.6 Å². The zero-order valence-corrected chi connectivity index (χ0v) is 24.0. The number of unbranched alkanes of at least 4 members (excludes halogenated alkanes) is 20. The van der Waals surface area contributed by atoms with Crippen LogP contribution < -0.4 is 0 Å². The molecule has 2 nitrogen and oxygen atoms in total. The summed E-state index contributed by atoms with van der Waals surface area (Å²) in [5, 5.41) is 0. The minimum absolute atomic E-state index is 0.00891. The number of rotatable bonds is 28. The molecule has 0 aliphatic rings. The predicted octanol–water partition coefficient (Wildman–Crippen LogP) is 11.4. The molecule has 0 aliphatic carbocycles. The van der Waals surface area contributed by atoms with Crippen LogP contribution in [0.4, 0.5) is 0 Å². The van der Waals surface area contributed by atoms with Gasteiger partial charge in [-0.05, 0) is 44.9 Å². The number of hydrogen-bond acceptors (Lipinski definition) is 2. The smallest absolute Gasteiger partial charge is 0.305 e. The Labute approximate surface area is 220 Å². The minimum Gasteiger partial charge on any atom is -0.466 e. The fourth-order valence-corrected chi connectivity index (χ4v) is 4.46. The highest BCUT2D eigenvalue weighted by atomic mass is 16.5. The first-order valence-corrected chi connectivity index (χ1v) is 15.8. The first kappa shape index (κ1) is 34.0. The lowest BCUT2D eigenvalue weighted by atomic mass is 10.0. The number of esters is 1. The van der Waals surface area contributed by atoms with E-state index in [9.17, 15) is 4.79 Å². The van der Waals surface area contributed by atoms with Crippen LogP contribution in [0.2, 0.25) is 0 Å². The fraction of sp³-hybridized carbons (Fsp3) is 0.848. The van der Waals surface area contributed by atoms with E-state index in [2.05, 4.69) is 38.2 Å². The second-order valence-electron chi connectivity index (χ2n) is 10.4. The lowest BCUT2D eigenvalue weighted by Gasteiger charge is -2.05. The second-order valence-corrected chi connectivity index (χ2v) is 10.4. The van der Waals surface area contributed by atoms with Gasteiger partial charge in [0, 0.05) is 6.42 Å². The SMILES string of the molecule is CCCCCC=CCC=CCCCCCCCC(=O)OCCCCCCCCCCCCCCC. The standard InChI is InChI=1S/C33H62O2/c1-3-5-7-9-11-13-15-17-18-19-21-23-25-27-29-31-33(34)35-32-30-28-26-24-22-20-16-14-12-10-8-6-4-2/h11,13,17-18H,3-10,12,14-16,19-32H2,1-2H3. The van der Waals surface area contributed by atoms with Gasteiger partial charge in [-0.15, -0.1) is 0 Å². The molecule has 0 N–H and O–H groups in total. The summed E-state index contributed by atoms with van der Waals surface area (Å²) in [6.07, 6.45) is 40.7. The van der Waals surface area contributed by atoms with E-state index in [1.54, 1.807) is 0 Å². The molecule has 0 spiro atoms. The van der Waals surface area contributed by atoms with E-state index in [0.717, 1.165) is 25.7 Å². The van der Waals surface area contributed by atoms with Crippen molar-refractivity contribution in [3.8, 4) is 0 Å². The van der Waals surface area contributed by atoms with Gasteiger partial charge in [-0.3, -0.25) is 4.79 Å². The zero-order valence-electron chi connectivity index (χ0n) is 24.0. The Morgan fingerprint density at radius 3 is 1.43 bits per heavy atom. The third kappa shape index (κ3) is 30.9. The highest BCUT2D eigenvalue weighted by Crippen LogP contribution is 2.13. The molecular formula is C33H62O2. The van der Waals surface area contributed by atoms with Gasteiger partial charge < -0.3 is 4.74 Å². The number of ether oxygens (including phenoxy) is 1. The summed E-state index contributed by atoms with van der Waals surface area (Å²) in [6, 6.07) is 0. The molecule has 206 valence electrons. The topological polar surface area (TPSA) is 26.3 Å².